The van der Waals surface area contributed by atoms with Gasteiger partial charge in [-0.15, -0.1) is 0 Å². The van der Waals surface area contributed by atoms with E-state index in [1.807, 2.05) is 16.8 Å². The van der Waals surface area contributed by atoms with Gasteiger partial charge in [0, 0.05) is 25.6 Å². The summed E-state index contributed by atoms with van der Waals surface area (Å²) in [6.45, 7) is 8.65. The van der Waals surface area contributed by atoms with Crippen molar-refractivity contribution < 1.29 is 4.79 Å². The van der Waals surface area contributed by atoms with E-state index in [0.717, 1.165) is 37.3 Å². The molecule has 1 fully saturated rings. The molecule has 134 valence electrons. The van der Waals surface area contributed by atoms with Crippen LogP contribution in [0.15, 0.2) is 18.5 Å². The van der Waals surface area contributed by atoms with Crippen LogP contribution in [-0.2, 0) is 12.0 Å². The van der Waals surface area contributed by atoms with Crippen molar-refractivity contribution in [1.82, 2.24) is 25.1 Å². The van der Waals surface area contributed by atoms with Crippen molar-refractivity contribution in [3.63, 3.8) is 0 Å². The van der Waals surface area contributed by atoms with Gasteiger partial charge in [0.2, 0.25) is 0 Å². The number of hydrogen-bond acceptors (Lipinski definition) is 5. The molecule has 1 N–H and O–H groups in total. The van der Waals surface area contributed by atoms with Crippen LogP contribution in [0.1, 0.15) is 55.5 Å². The van der Waals surface area contributed by atoms with Crippen molar-refractivity contribution >= 4 is 11.7 Å². The van der Waals surface area contributed by atoms with E-state index in [1.165, 1.54) is 0 Å². The number of anilines is 1. The maximum Gasteiger partial charge on any atom is 0.274 e. The van der Waals surface area contributed by atoms with Gasteiger partial charge in [-0.2, -0.15) is 5.10 Å². The molecule has 0 radical (unpaired) electrons. The molecule has 0 aliphatic carbocycles. The SMILES string of the molecule is CN(Cc1cc(C(C)(C)C)n[nH]1)c1cncc(C(=O)N2CCCC2)n1. The van der Waals surface area contributed by atoms with Crippen molar-refractivity contribution in [3.05, 3.63) is 35.5 Å². The van der Waals surface area contributed by atoms with Gasteiger partial charge >= 0.3 is 0 Å². The molecule has 0 atom stereocenters. The molecule has 0 unspecified atom stereocenters. The van der Waals surface area contributed by atoms with Crippen LogP contribution in [0, 0.1) is 0 Å². The van der Waals surface area contributed by atoms with E-state index in [1.54, 1.807) is 12.4 Å². The zero-order valence-electron chi connectivity index (χ0n) is 15.4. The van der Waals surface area contributed by atoms with Crippen LogP contribution in [0.5, 0.6) is 0 Å². The van der Waals surface area contributed by atoms with Gasteiger partial charge in [0.15, 0.2) is 0 Å². The van der Waals surface area contributed by atoms with Crippen LogP contribution < -0.4 is 4.90 Å². The number of nitrogens with one attached hydrogen (secondary N) is 1. The van der Waals surface area contributed by atoms with E-state index in [4.69, 9.17) is 0 Å². The maximum atomic E-state index is 12.5. The minimum Gasteiger partial charge on any atom is -0.353 e. The summed E-state index contributed by atoms with van der Waals surface area (Å²) in [4.78, 5) is 25.0. The molecule has 2 aromatic rings. The second-order valence-corrected chi connectivity index (χ2v) is 7.65. The van der Waals surface area contributed by atoms with Gasteiger partial charge in [0.25, 0.3) is 5.91 Å². The molecule has 2 aromatic heterocycles. The van der Waals surface area contributed by atoms with Crippen molar-refractivity contribution in [2.24, 2.45) is 0 Å². The summed E-state index contributed by atoms with van der Waals surface area (Å²) < 4.78 is 0. The van der Waals surface area contributed by atoms with Crippen LogP contribution in [0.2, 0.25) is 0 Å². The normalized spacial score (nSPS) is 14.8. The molecule has 7 nitrogen and oxygen atoms in total. The summed E-state index contributed by atoms with van der Waals surface area (Å²) in [6, 6.07) is 2.07. The molecule has 1 aliphatic rings. The Morgan fingerprint density at radius 2 is 2.00 bits per heavy atom. The average molecular weight is 342 g/mol. The van der Waals surface area contributed by atoms with E-state index < -0.39 is 0 Å². The highest BCUT2D eigenvalue weighted by molar-refractivity contribution is 5.92. The molecule has 25 heavy (non-hydrogen) atoms. The molecule has 0 aromatic carbocycles. The molecule has 0 bridgehead atoms. The Balaban J connectivity index is 1.72. The third-order valence-corrected chi connectivity index (χ3v) is 4.43. The molecule has 1 saturated heterocycles. The number of carbonyl (C=O) groups excluding carboxylic acids is 1. The number of aromatic amines is 1. The number of nitrogens with zero attached hydrogens (tertiary/aromatic N) is 5. The topological polar surface area (TPSA) is 78.0 Å². The standard InChI is InChI=1S/C18H26N6O/c1-18(2,3)15-9-13(21-22-15)12-23(4)16-11-19-10-14(20-16)17(25)24-7-5-6-8-24/h9-11H,5-8,12H2,1-4H3,(H,21,22). The van der Waals surface area contributed by atoms with E-state index in [2.05, 4.69) is 47.0 Å². The lowest BCUT2D eigenvalue weighted by Crippen LogP contribution is -2.29. The molecule has 0 spiro atoms. The van der Waals surface area contributed by atoms with Crippen LogP contribution in [0.4, 0.5) is 5.82 Å². The van der Waals surface area contributed by atoms with Gasteiger partial charge in [-0.1, -0.05) is 20.8 Å². The fourth-order valence-corrected chi connectivity index (χ4v) is 2.89. The third-order valence-electron chi connectivity index (χ3n) is 4.43. The molecule has 3 rings (SSSR count). The number of aromatic nitrogens is 4. The van der Waals surface area contributed by atoms with E-state index >= 15 is 0 Å². The minimum atomic E-state index is -0.0307. The number of hydrogen-bond donors (Lipinski definition) is 1. The predicted molar refractivity (Wildman–Crippen MR) is 96.6 cm³/mol. The van der Waals surface area contributed by atoms with Gasteiger partial charge in [-0.3, -0.25) is 14.9 Å². The second kappa shape index (κ2) is 6.82. The highest BCUT2D eigenvalue weighted by atomic mass is 16.2. The van der Waals surface area contributed by atoms with Crippen LogP contribution in [0.25, 0.3) is 0 Å². The van der Waals surface area contributed by atoms with Crippen LogP contribution in [-0.4, -0.2) is 51.1 Å². The first-order valence-electron chi connectivity index (χ1n) is 8.72. The van der Waals surface area contributed by atoms with Gasteiger partial charge in [0.05, 0.1) is 30.3 Å². The minimum absolute atomic E-state index is 0.00912. The first kappa shape index (κ1) is 17.4. The number of amides is 1. The largest absolute Gasteiger partial charge is 0.353 e. The molecule has 0 saturated carbocycles. The number of carbonyl (C=O) groups is 1. The van der Waals surface area contributed by atoms with Crippen LogP contribution in [0.3, 0.4) is 0 Å². The monoisotopic (exact) mass is 342 g/mol. The lowest BCUT2D eigenvalue weighted by atomic mass is 9.92. The average Bonchev–Trinajstić information content (AvgIpc) is 3.25. The Bertz CT molecular complexity index is 742. The van der Waals surface area contributed by atoms with E-state index in [-0.39, 0.29) is 11.3 Å². The Morgan fingerprint density at radius 1 is 1.28 bits per heavy atom. The molecule has 7 heteroatoms. The number of likely N-dealkylation sites (tertiary alicyclic amines) is 1. The third kappa shape index (κ3) is 3.97. The summed E-state index contributed by atoms with van der Waals surface area (Å²) in [7, 11) is 1.94. The predicted octanol–water partition coefficient (Wildman–Crippen LogP) is 2.37. The maximum absolute atomic E-state index is 12.5. The van der Waals surface area contributed by atoms with Gasteiger partial charge in [0.1, 0.15) is 11.5 Å². The smallest absolute Gasteiger partial charge is 0.274 e. The lowest BCUT2D eigenvalue weighted by Gasteiger charge is -2.19. The fraction of sp³-hybridized carbons (Fsp3) is 0.556. The van der Waals surface area contributed by atoms with Crippen molar-refractivity contribution in [3.8, 4) is 0 Å². The van der Waals surface area contributed by atoms with Gasteiger partial charge < -0.3 is 9.80 Å². The first-order valence-corrected chi connectivity index (χ1v) is 8.72. The Hall–Kier alpha value is -2.44. The molecular formula is C18H26N6O. The number of H-pyrrole nitrogens is 1. The number of rotatable bonds is 4. The first-order chi connectivity index (χ1) is 11.8. The summed E-state index contributed by atoms with van der Waals surface area (Å²) in [6.07, 6.45) is 5.36. The zero-order valence-corrected chi connectivity index (χ0v) is 15.4. The second-order valence-electron chi connectivity index (χ2n) is 7.65. The molecule has 1 aliphatic heterocycles. The summed E-state index contributed by atoms with van der Waals surface area (Å²) in [5.41, 5.74) is 2.45. The molecule has 1 amide bonds. The molecule has 3 heterocycles. The fourth-order valence-electron chi connectivity index (χ4n) is 2.89. The summed E-state index contributed by atoms with van der Waals surface area (Å²) in [5, 5.41) is 7.46. The Labute approximate surface area is 148 Å². The Morgan fingerprint density at radius 3 is 2.64 bits per heavy atom. The lowest BCUT2D eigenvalue weighted by molar-refractivity contribution is 0.0786. The van der Waals surface area contributed by atoms with Gasteiger partial charge in [-0.05, 0) is 18.9 Å². The van der Waals surface area contributed by atoms with E-state index in [9.17, 15) is 4.79 Å². The van der Waals surface area contributed by atoms with Gasteiger partial charge in [-0.25, -0.2) is 4.98 Å². The quantitative estimate of drug-likeness (QED) is 0.923. The highest BCUT2D eigenvalue weighted by Crippen LogP contribution is 2.21. The summed E-state index contributed by atoms with van der Waals surface area (Å²) in [5.74, 6) is 0.647. The van der Waals surface area contributed by atoms with Crippen molar-refractivity contribution in [1.29, 1.82) is 0 Å². The van der Waals surface area contributed by atoms with Crippen molar-refractivity contribution in [2.45, 2.75) is 45.6 Å². The Kier molecular flexibility index (Phi) is 4.74. The summed E-state index contributed by atoms with van der Waals surface area (Å²) >= 11 is 0. The molecular weight excluding hydrogens is 316 g/mol. The highest BCUT2D eigenvalue weighted by Gasteiger charge is 2.22. The zero-order chi connectivity index (χ0) is 18.0. The van der Waals surface area contributed by atoms with Crippen molar-refractivity contribution in [2.75, 3.05) is 25.0 Å². The van der Waals surface area contributed by atoms with Crippen LogP contribution >= 0.6 is 0 Å². The van der Waals surface area contributed by atoms with E-state index in [0.29, 0.717) is 18.1 Å².